The largest absolute Gasteiger partial charge is 0.484 e. The first-order chi connectivity index (χ1) is 8.56. The van der Waals surface area contributed by atoms with Gasteiger partial charge in [0.15, 0.2) is 5.75 Å². The highest BCUT2D eigenvalue weighted by molar-refractivity contribution is 5.68. The molecule has 0 aliphatic heterocycles. The summed E-state index contributed by atoms with van der Waals surface area (Å²) in [7, 11) is 1.63. The summed E-state index contributed by atoms with van der Waals surface area (Å²) >= 11 is 0. The summed E-state index contributed by atoms with van der Waals surface area (Å²) in [4.78, 5) is 10.5. The number of nitrogens with one attached hydrogen (secondary N) is 1. The average molecular weight is 254 g/mol. The van der Waals surface area contributed by atoms with Crippen molar-refractivity contribution in [2.24, 2.45) is 0 Å². The maximum absolute atomic E-state index is 11.0. The van der Waals surface area contributed by atoms with Crippen LogP contribution in [0.3, 0.4) is 0 Å². The molecule has 1 N–H and O–H groups in total. The molecule has 6 nitrogen and oxygen atoms in total. The standard InChI is InChI=1S/C12H18N2O4/c1-9(2)17-7-8-18-11-6-4-5-10(13-3)12(11)14(15)16/h4-6,9,13H,7-8H2,1-3H3. The van der Waals surface area contributed by atoms with Gasteiger partial charge >= 0.3 is 5.69 Å². The molecule has 18 heavy (non-hydrogen) atoms. The number of anilines is 1. The van der Waals surface area contributed by atoms with Crippen molar-refractivity contribution in [3.63, 3.8) is 0 Å². The molecule has 100 valence electrons. The van der Waals surface area contributed by atoms with Crippen LogP contribution in [0, 0.1) is 10.1 Å². The van der Waals surface area contributed by atoms with E-state index in [1.54, 1.807) is 25.2 Å². The highest BCUT2D eigenvalue weighted by Gasteiger charge is 2.19. The topological polar surface area (TPSA) is 73.6 Å². The van der Waals surface area contributed by atoms with Gasteiger partial charge in [-0.25, -0.2) is 0 Å². The quantitative estimate of drug-likeness (QED) is 0.459. The molecule has 1 rings (SSSR count). The Hall–Kier alpha value is -1.82. The summed E-state index contributed by atoms with van der Waals surface area (Å²) in [5, 5.41) is 13.8. The summed E-state index contributed by atoms with van der Waals surface area (Å²) < 4.78 is 10.7. The number of nitrogens with zero attached hydrogens (tertiary/aromatic N) is 1. The third-order valence-corrected chi connectivity index (χ3v) is 2.24. The molecule has 0 spiro atoms. The number of hydrogen-bond acceptors (Lipinski definition) is 5. The Labute approximate surface area is 106 Å². The van der Waals surface area contributed by atoms with Crippen molar-refractivity contribution in [1.29, 1.82) is 0 Å². The Bertz CT molecular complexity index is 407. The molecular formula is C12H18N2O4. The van der Waals surface area contributed by atoms with Gasteiger partial charge in [-0.2, -0.15) is 0 Å². The van der Waals surface area contributed by atoms with Gasteiger partial charge in [-0.15, -0.1) is 0 Å². The first kappa shape index (κ1) is 14.2. The Morgan fingerprint density at radius 1 is 1.39 bits per heavy atom. The number of rotatable bonds is 7. The third kappa shape index (κ3) is 3.89. The normalized spacial score (nSPS) is 10.4. The van der Waals surface area contributed by atoms with E-state index < -0.39 is 4.92 Å². The zero-order valence-electron chi connectivity index (χ0n) is 10.8. The van der Waals surface area contributed by atoms with Crippen LogP contribution in [0.25, 0.3) is 0 Å². The minimum Gasteiger partial charge on any atom is -0.484 e. The summed E-state index contributed by atoms with van der Waals surface area (Å²) in [5.74, 6) is 0.249. The van der Waals surface area contributed by atoms with Crippen molar-refractivity contribution < 1.29 is 14.4 Å². The van der Waals surface area contributed by atoms with E-state index in [0.29, 0.717) is 12.3 Å². The molecule has 0 saturated heterocycles. The fourth-order valence-electron chi connectivity index (χ4n) is 1.46. The molecule has 0 heterocycles. The van der Waals surface area contributed by atoms with Gasteiger partial charge in [0, 0.05) is 7.05 Å². The lowest BCUT2D eigenvalue weighted by Gasteiger charge is -2.11. The Morgan fingerprint density at radius 2 is 2.11 bits per heavy atom. The summed E-state index contributed by atoms with van der Waals surface area (Å²) in [5.41, 5.74) is 0.381. The lowest BCUT2D eigenvalue weighted by atomic mass is 10.2. The third-order valence-electron chi connectivity index (χ3n) is 2.24. The monoisotopic (exact) mass is 254 g/mol. The lowest BCUT2D eigenvalue weighted by Crippen LogP contribution is -2.12. The average Bonchev–Trinajstić information content (AvgIpc) is 2.33. The Morgan fingerprint density at radius 3 is 2.67 bits per heavy atom. The van der Waals surface area contributed by atoms with Crippen molar-refractivity contribution >= 4 is 11.4 Å². The zero-order chi connectivity index (χ0) is 13.5. The number of hydrogen-bond donors (Lipinski definition) is 1. The number of nitro benzene ring substituents is 1. The number of ether oxygens (including phenoxy) is 2. The van der Waals surface area contributed by atoms with Crippen LogP contribution in [0.5, 0.6) is 5.75 Å². The van der Waals surface area contributed by atoms with E-state index >= 15 is 0 Å². The second kappa shape index (κ2) is 6.80. The predicted octanol–water partition coefficient (Wildman–Crippen LogP) is 2.44. The molecule has 0 amide bonds. The molecule has 0 atom stereocenters. The van der Waals surface area contributed by atoms with Gasteiger partial charge in [-0.3, -0.25) is 10.1 Å². The molecule has 0 aliphatic rings. The van der Waals surface area contributed by atoms with E-state index in [1.807, 2.05) is 13.8 Å². The fourth-order valence-corrected chi connectivity index (χ4v) is 1.46. The van der Waals surface area contributed by atoms with Gasteiger partial charge in [0.25, 0.3) is 0 Å². The van der Waals surface area contributed by atoms with Crippen molar-refractivity contribution in [2.75, 3.05) is 25.6 Å². The van der Waals surface area contributed by atoms with E-state index in [9.17, 15) is 10.1 Å². The van der Waals surface area contributed by atoms with Crippen LogP contribution >= 0.6 is 0 Å². The van der Waals surface area contributed by atoms with Gasteiger partial charge in [-0.1, -0.05) is 6.07 Å². The van der Waals surface area contributed by atoms with E-state index in [-0.39, 0.29) is 24.1 Å². The van der Waals surface area contributed by atoms with Crippen LogP contribution in [0.15, 0.2) is 18.2 Å². The fraction of sp³-hybridized carbons (Fsp3) is 0.500. The number of nitro groups is 1. The van der Waals surface area contributed by atoms with Crippen LogP contribution in [0.2, 0.25) is 0 Å². The van der Waals surface area contributed by atoms with Crippen molar-refractivity contribution in [2.45, 2.75) is 20.0 Å². The predicted molar refractivity (Wildman–Crippen MR) is 69.2 cm³/mol. The van der Waals surface area contributed by atoms with Crippen LogP contribution in [-0.2, 0) is 4.74 Å². The van der Waals surface area contributed by atoms with Gasteiger partial charge in [-0.05, 0) is 26.0 Å². The van der Waals surface area contributed by atoms with Gasteiger partial charge in [0.05, 0.1) is 17.6 Å². The first-order valence-electron chi connectivity index (χ1n) is 5.75. The molecule has 1 aromatic rings. The molecule has 0 fully saturated rings. The first-order valence-corrected chi connectivity index (χ1v) is 5.75. The van der Waals surface area contributed by atoms with Crippen molar-refractivity contribution in [3.05, 3.63) is 28.3 Å². The van der Waals surface area contributed by atoms with E-state index in [0.717, 1.165) is 0 Å². The number of para-hydroxylation sites is 1. The van der Waals surface area contributed by atoms with Crippen LogP contribution in [0.1, 0.15) is 13.8 Å². The summed E-state index contributed by atoms with van der Waals surface area (Å²) in [6.07, 6.45) is 0.118. The maximum atomic E-state index is 11.0. The summed E-state index contributed by atoms with van der Waals surface area (Å²) in [6, 6.07) is 4.92. The second-order valence-corrected chi connectivity index (χ2v) is 3.93. The molecule has 0 aliphatic carbocycles. The van der Waals surface area contributed by atoms with E-state index in [4.69, 9.17) is 9.47 Å². The van der Waals surface area contributed by atoms with E-state index in [1.165, 1.54) is 0 Å². The highest BCUT2D eigenvalue weighted by atomic mass is 16.6. The molecule has 0 aromatic heterocycles. The lowest BCUT2D eigenvalue weighted by molar-refractivity contribution is -0.385. The molecular weight excluding hydrogens is 236 g/mol. The van der Waals surface area contributed by atoms with Crippen LogP contribution in [-0.4, -0.2) is 31.3 Å². The summed E-state index contributed by atoms with van der Waals surface area (Å²) in [6.45, 7) is 4.53. The van der Waals surface area contributed by atoms with Gasteiger partial charge < -0.3 is 14.8 Å². The smallest absolute Gasteiger partial charge is 0.333 e. The van der Waals surface area contributed by atoms with Gasteiger partial charge in [0.1, 0.15) is 12.3 Å². The molecule has 6 heteroatoms. The molecule has 0 saturated carbocycles. The molecule has 0 bridgehead atoms. The van der Waals surface area contributed by atoms with Crippen LogP contribution < -0.4 is 10.1 Å². The van der Waals surface area contributed by atoms with Crippen LogP contribution in [0.4, 0.5) is 11.4 Å². The molecule has 0 radical (unpaired) electrons. The highest BCUT2D eigenvalue weighted by Crippen LogP contribution is 2.34. The zero-order valence-corrected chi connectivity index (χ0v) is 10.8. The minimum absolute atomic E-state index is 0.0513. The molecule has 1 aromatic carbocycles. The van der Waals surface area contributed by atoms with Crippen molar-refractivity contribution in [1.82, 2.24) is 0 Å². The van der Waals surface area contributed by atoms with Crippen molar-refractivity contribution in [3.8, 4) is 5.75 Å². The maximum Gasteiger partial charge on any atom is 0.333 e. The van der Waals surface area contributed by atoms with E-state index in [2.05, 4.69) is 5.32 Å². The minimum atomic E-state index is -0.454. The number of benzene rings is 1. The molecule has 0 unspecified atom stereocenters. The van der Waals surface area contributed by atoms with Gasteiger partial charge in [0.2, 0.25) is 0 Å². The second-order valence-electron chi connectivity index (χ2n) is 3.93. The SMILES string of the molecule is CNc1cccc(OCCOC(C)C)c1[N+](=O)[O-]. The Kier molecular flexibility index (Phi) is 5.38. The Balaban J connectivity index is 2.72.